The van der Waals surface area contributed by atoms with E-state index < -0.39 is 0 Å². The van der Waals surface area contributed by atoms with Gasteiger partial charge in [0.15, 0.2) is 0 Å². The lowest BCUT2D eigenvalue weighted by molar-refractivity contribution is 0.0759. The molecule has 0 aromatic carbocycles. The molecule has 2 atom stereocenters. The molecule has 6 heteroatoms. The molecule has 2 aliphatic carbocycles. The Morgan fingerprint density at radius 2 is 2.09 bits per heavy atom. The fourth-order valence-corrected chi connectivity index (χ4v) is 5.59. The first-order valence-corrected chi connectivity index (χ1v) is 9.34. The van der Waals surface area contributed by atoms with E-state index >= 15 is 0 Å². The Bertz CT molecular complexity index is 701. The van der Waals surface area contributed by atoms with Crippen molar-refractivity contribution < 1.29 is 4.79 Å². The van der Waals surface area contributed by atoms with Gasteiger partial charge in [-0.1, -0.05) is 6.42 Å². The summed E-state index contributed by atoms with van der Waals surface area (Å²) in [7, 11) is 1.93. The minimum atomic E-state index is 0.0722. The monoisotopic (exact) mass is 332 g/mol. The molecule has 0 radical (unpaired) electrons. The van der Waals surface area contributed by atoms with Crippen LogP contribution >= 0.6 is 11.3 Å². The number of nitrogens with one attached hydrogen (secondary N) is 1. The summed E-state index contributed by atoms with van der Waals surface area (Å²) < 4.78 is 1.86. The summed E-state index contributed by atoms with van der Waals surface area (Å²) >= 11 is 1.53. The molecule has 1 amide bonds. The van der Waals surface area contributed by atoms with Crippen LogP contribution in [-0.2, 0) is 7.05 Å². The molecule has 4 rings (SSSR count). The van der Waals surface area contributed by atoms with Crippen molar-refractivity contribution in [2.75, 3.05) is 0 Å². The number of amides is 1. The number of carbonyl (C=O) groups is 1. The van der Waals surface area contributed by atoms with Gasteiger partial charge in [-0.3, -0.25) is 9.48 Å². The number of fused-ring (bicyclic) bond motifs is 3. The lowest BCUT2D eigenvalue weighted by Crippen LogP contribution is -2.53. The quantitative estimate of drug-likeness (QED) is 0.888. The van der Waals surface area contributed by atoms with Crippen molar-refractivity contribution in [2.45, 2.75) is 51.1 Å². The number of rotatable bonds is 2. The third-order valence-electron chi connectivity index (χ3n) is 5.59. The second kappa shape index (κ2) is 5.60. The lowest BCUT2D eigenvalue weighted by Gasteiger charge is -2.45. The topological polar surface area (TPSA) is 72.9 Å². The fourth-order valence-electron chi connectivity index (χ4n) is 4.56. The number of hydrogen-bond acceptors (Lipinski definition) is 4. The molecular weight excluding hydrogens is 308 g/mol. The molecule has 2 aliphatic rings. The smallest absolute Gasteiger partial charge is 0.261 e. The van der Waals surface area contributed by atoms with Crippen LogP contribution in [0.2, 0.25) is 0 Å². The Morgan fingerprint density at radius 1 is 1.39 bits per heavy atom. The SMILES string of the molecule is Cc1nn(C)c2sc(C(=O)NC3C4CCCC3CC(N)C4)cc12. The van der Waals surface area contributed by atoms with E-state index in [1.54, 1.807) is 0 Å². The first kappa shape index (κ1) is 15.1. The van der Waals surface area contributed by atoms with E-state index in [1.165, 1.54) is 30.6 Å². The molecular formula is C17H24N4OS. The van der Waals surface area contributed by atoms with Gasteiger partial charge in [-0.25, -0.2) is 0 Å². The largest absolute Gasteiger partial charge is 0.348 e. The highest BCUT2D eigenvalue weighted by molar-refractivity contribution is 7.20. The maximum absolute atomic E-state index is 12.8. The van der Waals surface area contributed by atoms with Crippen LogP contribution in [0.25, 0.3) is 10.2 Å². The van der Waals surface area contributed by atoms with E-state index in [-0.39, 0.29) is 5.91 Å². The molecule has 0 spiro atoms. The third kappa shape index (κ3) is 2.58. The average molecular weight is 332 g/mol. The Balaban J connectivity index is 1.55. The van der Waals surface area contributed by atoms with Gasteiger partial charge < -0.3 is 11.1 Å². The van der Waals surface area contributed by atoms with Gasteiger partial charge in [0.1, 0.15) is 4.83 Å². The second-order valence-electron chi connectivity index (χ2n) is 7.22. The van der Waals surface area contributed by atoms with Gasteiger partial charge in [-0.2, -0.15) is 5.10 Å². The van der Waals surface area contributed by atoms with Crippen molar-refractivity contribution >= 4 is 27.5 Å². The summed E-state index contributed by atoms with van der Waals surface area (Å²) in [5, 5.41) is 8.83. The number of nitrogens with zero attached hydrogens (tertiary/aromatic N) is 2. The second-order valence-corrected chi connectivity index (χ2v) is 8.25. The highest BCUT2D eigenvalue weighted by atomic mass is 32.1. The molecule has 2 aromatic rings. The highest BCUT2D eigenvalue weighted by Gasteiger charge is 2.40. The summed E-state index contributed by atoms with van der Waals surface area (Å²) in [6, 6.07) is 2.61. The summed E-state index contributed by atoms with van der Waals surface area (Å²) in [5.41, 5.74) is 7.16. The molecule has 2 aromatic heterocycles. The van der Waals surface area contributed by atoms with Crippen LogP contribution in [0.15, 0.2) is 6.07 Å². The molecule has 2 heterocycles. The fraction of sp³-hybridized carbons (Fsp3) is 0.647. The average Bonchev–Trinajstić information content (AvgIpc) is 3.02. The molecule has 23 heavy (non-hydrogen) atoms. The zero-order valence-electron chi connectivity index (χ0n) is 13.7. The van der Waals surface area contributed by atoms with E-state index in [9.17, 15) is 4.79 Å². The number of aromatic nitrogens is 2. The van der Waals surface area contributed by atoms with Gasteiger partial charge >= 0.3 is 0 Å². The number of nitrogens with two attached hydrogens (primary N) is 1. The standard InChI is InChI=1S/C17H24N4OS/c1-9-13-8-14(23-17(13)21(2)20-9)16(22)19-15-10-4-3-5-11(15)7-12(18)6-10/h8,10-12,15H,3-7,18H2,1-2H3,(H,19,22). The van der Waals surface area contributed by atoms with Crippen LogP contribution in [0.5, 0.6) is 0 Å². The maximum atomic E-state index is 12.8. The van der Waals surface area contributed by atoms with Crippen LogP contribution in [0, 0.1) is 18.8 Å². The number of carbonyl (C=O) groups excluding carboxylic acids is 1. The van der Waals surface area contributed by atoms with Crippen LogP contribution in [0.3, 0.4) is 0 Å². The molecule has 2 fully saturated rings. The molecule has 0 saturated heterocycles. The Kier molecular flexibility index (Phi) is 3.69. The molecule has 0 aliphatic heterocycles. The highest BCUT2D eigenvalue weighted by Crippen LogP contribution is 2.40. The Hall–Kier alpha value is -1.40. The molecule has 2 bridgehead atoms. The normalized spacial score (nSPS) is 30.6. The molecule has 2 saturated carbocycles. The van der Waals surface area contributed by atoms with E-state index in [2.05, 4.69) is 10.4 Å². The Labute approximate surface area is 140 Å². The van der Waals surface area contributed by atoms with Gasteiger partial charge in [-0.15, -0.1) is 11.3 Å². The first-order chi connectivity index (χ1) is 11.0. The van der Waals surface area contributed by atoms with Crippen molar-refractivity contribution in [2.24, 2.45) is 24.6 Å². The van der Waals surface area contributed by atoms with Crippen molar-refractivity contribution in [3.63, 3.8) is 0 Å². The van der Waals surface area contributed by atoms with Gasteiger partial charge in [0.2, 0.25) is 0 Å². The minimum absolute atomic E-state index is 0.0722. The number of aryl methyl sites for hydroxylation is 2. The lowest BCUT2D eigenvalue weighted by atomic mass is 9.67. The van der Waals surface area contributed by atoms with E-state index in [4.69, 9.17) is 5.73 Å². The number of hydrogen-bond donors (Lipinski definition) is 2. The minimum Gasteiger partial charge on any atom is -0.348 e. The van der Waals surface area contributed by atoms with Crippen molar-refractivity contribution in [1.29, 1.82) is 0 Å². The summed E-state index contributed by atoms with van der Waals surface area (Å²) in [5.74, 6) is 1.18. The van der Waals surface area contributed by atoms with E-state index in [0.717, 1.165) is 33.6 Å². The van der Waals surface area contributed by atoms with Gasteiger partial charge in [0.25, 0.3) is 5.91 Å². The predicted octanol–water partition coefficient (Wildman–Crippen LogP) is 2.58. The van der Waals surface area contributed by atoms with Crippen LogP contribution < -0.4 is 11.1 Å². The third-order valence-corrected chi connectivity index (χ3v) is 6.79. The molecule has 2 unspecified atom stereocenters. The predicted molar refractivity (Wildman–Crippen MR) is 92.6 cm³/mol. The zero-order valence-corrected chi connectivity index (χ0v) is 14.5. The zero-order chi connectivity index (χ0) is 16.1. The van der Waals surface area contributed by atoms with Crippen molar-refractivity contribution in [3.05, 3.63) is 16.6 Å². The van der Waals surface area contributed by atoms with Crippen molar-refractivity contribution in [3.8, 4) is 0 Å². The molecule has 5 nitrogen and oxygen atoms in total. The van der Waals surface area contributed by atoms with E-state index in [1.807, 2.05) is 24.7 Å². The van der Waals surface area contributed by atoms with E-state index in [0.29, 0.717) is 23.9 Å². The van der Waals surface area contributed by atoms with Crippen LogP contribution in [0.1, 0.15) is 47.5 Å². The Morgan fingerprint density at radius 3 is 2.74 bits per heavy atom. The van der Waals surface area contributed by atoms with Gasteiger partial charge in [0, 0.05) is 24.5 Å². The first-order valence-electron chi connectivity index (χ1n) is 8.52. The maximum Gasteiger partial charge on any atom is 0.261 e. The van der Waals surface area contributed by atoms with Crippen molar-refractivity contribution in [1.82, 2.24) is 15.1 Å². The summed E-state index contributed by atoms with van der Waals surface area (Å²) in [4.78, 5) is 14.6. The summed E-state index contributed by atoms with van der Waals surface area (Å²) in [6.07, 6.45) is 5.78. The number of thiophene rings is 1. The van der Waals surface area contributed by atoms with Gasteiger partial charge in [-0.05, 0) is 50.5 Å². The van der Waals surface area contributed by atoms with Gasteiger partial charge in [0.05, 0.1) is 10.6 Å². The van der Waals surface area contributed by atoms with Crippen LogP contribution in [-0.4, -0.2) is 27.8 Å². The van der Waals surface area contributed by atoms with Crippen LogP contribution in [0.4, 0.5) is 0 Å². The summed E-state index contributed by atoms with van der Waals surface area (Å²) in [6.45, 7) is 1.99. The molecule has 3 N–H and O–H groups in total. The molecule has 124 valence electrons.